The summed E-state index contributed by atoms with van der Waals surface area (Å²) >= 11 is 0. The SMILES string of the molecule is CCNC(CCN1CCC(CC)C1)c1cc(C)cc(C)c1. The van der Waals surface area contributed by atoms with E-state index in [-0.39, 0.29) is 0 Å². The Kier molecular flexibility index (Phi) is 6.25. The van der Waals surface area contributed by atoms with Gasteiger partial charge in [-0.2, -0.15) is 0 Å². The van der Waals surface area contributed by atoms with Crippen molar-refractivity contribution >= 4 is 0 Å². The first-order valence-electron chi connectivity index (χ1n) is 8.66. The molecule has 2 atom stereocenters. The second kappa shape index (κ2) is 7.95. The van der Waals surface area contributed by atoms with Gasteiger partial charge in [0.05, 0.1) is 0 Å². The molecule has 1 aromatic carbocycles. The highest BCUT2D eigenvalue weighted by Crippen LogP contribution is 2.23. The van der Waals surface area contributed by atoms with Gasteiger partial charge in [-0.1, -0.05) is 49.6 Å². The third kappa shape index (κ3) is 4.82. The van der Waals surface area contributed by atoms with Crippen LogP contribution in [0.15, 0.2) is 18.2 Å². The van der Waals surface area contributed by atoms with E-state index in [1.807, 2.05) is 0 Å². The molecule has 1 saturated heterocycles. The van der Waals surface area contributed by atoms with E-state index in [2.05, 4.69) is 56.1 Å². The lowest BCUT2D eigenvalue weighted by molar-refractivity contribution is 0.299. The average molecular weight is 288 g/mol. The van der Waals surface area contributed by atoms with Crippen LogP contribution in [-0.4, -0.2) is 31.1 Å². The van der Waals surface area contributed by atoms with Gasteiger partial charge in [0.15, 0.2) is 0 Å². The third-order valence-corrected chi connectivity index (χ3v) is 4.78. The van der Waals surface area contributed by atoms with Crippen LogP contribution >= 0.6 is 0 Å². The van der Waals surface area contributed by atoms with Crippen LogP contribution in [0.5, 0.6) is 0 Å². The highest BCUT2D eigenvalue weighted by atomic mass is 15.1. The first-order valence-corrected chi connectivity index (χ1v) is 8.66. The van der Waals surface area contributed by atoms with E-state index in [0.717, 1.165) is 12.5 Å². The van der Waals surface area contributed by atoms with Gasteiger partial charge in [0, 0.05) is 12.6 Å². The Hall–Kier alpha value is -0.860. The molecule has 0 radical (unpaired) electrons. The second-order valence-corrected chi connectivity index (χ2v) is 6.68. The normalized spacial score (nSPS) is 20.9. The summed E-state index contributed by atoms with van der Waals surface area (Å²) in [7, 11) is 0. The Morgan fingerprint density at radius 1 is 1.19 bits per heavy atom. The van der Waals surface area contributed by atoms with Gasteiger partial charge in [-0.15, -0.1) is 0 Å². The maximum atomic E-state index is 3.68. The van der Waals surface area contributed by atoms with Gasteiger partial charge in [-0.05, 0) is 57.8 Å². The van der Waals surface area contributed by atoms with Crippen molar-refractivity contribution in [3.8, 4) is 0 Å². The molecule has 0 spiro atoms. The van der Waals surface area contributed by atoms with Gasteiger partial charge in [0.2, 0.25) is 0 Å². The number of hydrogen-bond acceptors (Lipinski definition) is 2. The maximum Gasteiger partial charge on any atom is 0.0332 e. The lowest BCUT2D eigenvalue weighted by Gasteiger charge is -2.23. The third-order valence-electron chi connectivity index (χ3n) is 4.78. The Morgan fingerprint density at radius 3 is 2.48 bits per heavy atom. The van der Waals surface area contributed by atoms with Crippen molar-refractivity contribution in [1.29, 1.82) is 0 Å². The van der Waals surface area contributed by atoms with E-state index in [9.17, 15) is 0 Å². The minimum absolute atomic E-state index is 0.495. The molecule has 0 aromatic heterocycles. The van der Waals surface area contributed by atoms with E-state index >= 15 is 0 Å². The molecule has 118 valence electrons. The fraction of sp³-hybridized carbons (Fsp3) is 0.684. The molecule has 2 heteroatoms. The number of nitrogens with one attached hydrogen (secondary N) is 1. The molecule has 2 unspecified atom stereocenters. The summed E-state index contributed by atoms with van der Waals surface area (Å²) in [5, 5.41) is 3.68. The molecule has 0 aliphatic carbocycles. The molecule has 21 heavy (non-hydrogen) atoms. The fourth-order valence-electron chi connectivity index (χ4n) is 3.60. The largest absolute Gasteiger partial charge is 0.310 e. The standard InChI is InChI=1S/C19H32N2/c1-5-17-7-9-21(14-17)10-8-19(20-6-2)18-12-15(3)11-16(4)13-18/h11-13,17,19-20H,5-10,14H2,1-4H3. The summed E-state index contributed by atoms with van der Waals surface area (Å²) in [6.07, 6.45) is 3.95. The summed E-state index contributed by atoms with van der Waals surface area (Å²) in [4.78, 5) is 2.65. The van der Waals surface area contributed by atoms with E-state index < -0.39 is 0 Å². The monoisotopic (exact) mass is 288 g/mol. The van der Waals surface area contributed by atoms with Gasteiger partial charge in [0.25, 0.3) is 0 Å². The van der Waals surface area contributed by atoms with E-state index in [4.69, 9.17) is 0 Å². The summed E-state index contributed by atoms with van der Waals surface area (Å²) in [6.45, 7) is 13.8. The average Bonchev–Trinajstić information content (AvgIpc) is 2.90. The van der Waals surface area contributed by atoms with Crippen molar-refractivity contribution in [1.82, 2.24) is 10.2 Å². The smallest absolute Gasteiger partial charge is 0.0332 e. The summed E-state index contributed by atoms with van der Waals surface area (Å²) in [6, 6.07) is 7.45. The summed E-state index contributed by atoms with van der Waals surface area (Å²) < 4.78 is 0. The number of likely N-dealkylation sites (tertiary alicyclic amines) is 1. The zero-order chi connectivity index (χ0) is 15.2. The lowest BCUT2D eigenvalue weighted by atomic mass is 9.99. The Bertz CT molecular complexity index is 421. The predicted octanol–water partition coefficient (Wildman–Crippen LogP) is 4.08. The number of rotatable bonds is 7. The maximum absolute atomic E-state index is 3.68. The molecular weight excluding hydrogens is 256 g/mol. The topological polar surface area (TPSA) is 15.3 Å². The Labute approximate surface area is 130 Å². The van der Waals surface area contributed by atoms with Crippen LogP contribution in [-0.2, 0) is 0 Å². The molecule has 1 aliphatic heterocycles. The van der Waals surface area contributed by atoms with Gasteiger partial charge >= 0.3 is 0 Å². The van der Waals surface area contributed by atoms with Crippen LogP contribution in [0, 0.1) is 19.8 Å². The molecule has 2 rings (SSSR count). The predicted molar refractivity (Wildman–Crippen MR) is 91.8 cm³/mol. The fourth-order valence-corrected chi connectivity index (χ4v) is 3.60. The van der Waals surface area contributed by atoms with Crippen molar-refractivity contribution in [2.24, 2.45) is 5.92 Å². The van der Waals surface area contributed by atoms with Crippen LogP contribution < -0.4 is 5.32 Å². The number of nitrogens with zero attached hydrogens (tertiary/aromatic N) is 1. The zero-order valence-corrected chi connectivity index (χ0v) is 14.3. The van der Waals surface area contributed by atoms with E-state index in [0.29, 0.717) is 6.04 Å². The summed E-state index contributed by atoms with van der Waals surface area (Å²) in [5.41, 5.74) is 4.21. The number of aryl methyl sites for hydroxylation is 2. The first kappa shape index (κ1) is 16.5. The molecular formula is C19H32N2. The van der Waals surface area contributed by atoms with Gasteiger partial charge < -0.3 is 10.2 Å². The van der Waals surface area contributed by atoms with Crippen LogP contribution in [0.4, 0.5) is 0 Å². The van der Waals surface area contributed by atoms with Crippen molar-refractivity contribution < 1.29 is 0 Å². The Morgan fingerprint density at radius 2 is 1.90 bits per heavy atom. The second-order valence-electron chi connectivity index (χ2n) is 6.68. The lowest BCUT2D eigenvalue weighted by Crippen LogP contribution is -2.28. The zero-order valence-electron chi connectivity index (χ0n) is 14.3. The molecule has 1 aromatic rings. The molecule has 0 amide bonds. The van der Waals surface area contributed by atoms with Crippen LogP contribution in [0.3, 0.4) is 0 Å². The van der Waals surface area contributed by atoms with Gasteiger partial charge in [0.1, 0.15) is 0 Å². The number of benzene rings is 1. The summed E-state index contributed by atoms with van der Waals surface area (Å²) in [5.74, 6) is 0.934. The van der Waals surface area contributed by atoms with Crippen LogP contribution in [0.25, 0.3) is 0 Å². The molecule has 2 nitrogen and oxygen atoms in total. The highest BCUT2D eigenvalue weighted by molar-refractivity contribution is 5.30. The quantitative estimate of drug-likeness (QED) is 0.813. The van der Waals surface area contributed by atoms with Crippen LogP contribution in [0.2, 0.25) is 0 Å². The number of hydrogen-bond donors (Lipinski definition) is 1. The molecule has 1 fully saturated rings. The minimum atomic E-state index is 0.495. The van der Waals surface area contributed by atoms with E-state index in [1.54, 1.807) is 0 Å². The molecule has 1 heterocycles. The van der Waals surface area contributed by atoms with E-state index in [1.165, 1.54) is 55.6 Å². The molecule has 1 aliphatic rings. The molecule has 0 saturated carbocycles. The van der Waals surface area contributed by atoms with Crippen molar-refractivity contribution in [3.05, 3.63) is 34.9 Å². The first-order chi connectivity index (χ1) is 10.1. The van der Waals surface area contributed by atoms with Crippen molar-refractivity contribution in [3.63, 3.8) is 0 Å². The van der Waals surface area contributed by atoms with Crippen LogP contribution in [0.1, 0.15) is 55.8 Å². The minimum Gasteiger partial charge on any atom is -0.310 e. The van der Waals surface area contributed by atoms with Gasteiger partial charge in [-0.25, -0.2) is 0 Å². The van der Waals surface area contributed by atoms with Gasteiger partial charge in [-0.3, -0.25) is 0 Å². The highest BCUT2D eigenvalue weighted by Gasteiger charge is 2.21. The van der Waals surface area contributed by atoms with Crippen molar-refractivity contribution in [2.75, 3.05) is 26.2 Å². The Balaban J connectivity index is 1.95. The molecule has 1 N–H and O–H groups in total. The van der Waals surface area contributed by atoms with Crippen molar-refractivity contribution in [2.45, 2.75) is 53.0 Å². The molecule has 0 bridgehead atoms.